The lowest BCUT2D eigenvalue weighted by Crippen LogP contribution is -2.70. The number of esters is 1. The van der Waals surface area contributed by atoms with E-state index in [1.807, 2.05) is 6.92 Å². The van der Waals surface area contributed by atoms with Crippen molar-refractivity contribution in [2.24, 2.45) is 22.7 Å². The van der Waals surface area contributed by atoms with E-state index in [-0.39, 0.29) is 24.4 Å². The van der Waals surface area contributed by atoms with Gasteiger partial charge in [-0.1, -0.05) is 30.7 Å². The van der Waals surface area contributed by atoms with Crippen LogP contribution in [0.15, 0.2) is 48.1 Å². The number of halogens is 1. The van der Waals surface area contributed by atoms with Gasteiger partial charge in [-0.2, -0.15) is 0 Å². The van der Waals surface area contributed by atoms with Gasteiger partial charge in [0.15, 0.2) is 29.4 Å². The molecule has 0 bridgehead atoms. The number of allylic oxidation sites excluding steroid dienone is 4. The first-order chi connectivity index (χ1) is 20.6. The minimum absolute atomic E-state index is 0.0897. The highest BCUT2D eigenvalue weighted by Crippen LogP contribution is 2.72. The molecule has 4 aliphatic carbocycles. The number of carbonyl (C=O) groups excluding carboxylic acids is 3. The largest absolute Gasteiger partial charge is 0.454 e. The van der Waals surface area contributed by atoms with Crippen LogP contribution in [0.1, 0.15) is 69.3 Å². The van der Waals surface area contributed by atoms with E-state index in [0.29, 0.717) is 30.4 Å². The number of carbonyl (C=O) groups is 3. The van der Waals surface area contributed by atoms with Crippen LogP contribution in [0.2, 0.25) is 0 Å². The maximum Gasteiger partial charge on any atom is 0.338 e. The van der Waals surface area contributed by atoms with Gasteiger partial charge in [0, 0.05) is 16.7 Å². The van der Waals surface area contributed by atoms with Crippen molar-refractivity contribution in [3.8, 4) is 0 Å². The zero-order chi connectivity index (χ0) is 31.9. The summed E-state index contributed by atoms with van der Waals surface area (Å²) in [6, 6.07) is 5.97. The predicted octanol–water partition coefficient (Wildman–Crippen LogP) is 3.80. The number of Topliss-reactive ketones (excluding diaryl/α,β-unsaturated/α-hetero) is 1. The third kappa shape index (κ3) is 4.38. The summed E-state index contributed by atoms with van der Waals surface area (Å²) in [5.41, 5.74) is -4.52. The molecule has 0 amide bonds. The Hall–Kier alpha value is -2.84. The number of benzene rings is 1. The fourth-order valence-corrected chi connectivity index (χ4v) is 9.00. The first kappa shape index (κ1) is 31.2. The summed E-state index contributed by atoms with van der Waals surface area (Å²) in [6.07, 6.45) is 3.32. The molecule has 1 saturated heterocycles. The van der Waals surface area contributed by atoms with Gasteiger partial charge in [-0.15, -0.1) is 0 Å². The van der Waals surface area contributed by atoms with E-state index in [4.69, 9.17) is 24.6 Å². The molecule has 44 heavy (non-hydrogen) atoms. The standard InChI is InChI=1S/C32H38FNO10/c1-28(2)43-26-14-23-22-10-9-20-13-21(35)11-12-29(20,3)31(22,33)24(36)15-30(23,4)32(26,44-28)25(37)17-41-27(38)19-7-5-18(6-8-19)16-42-34(39)40/h5-8,11-13,22-24,26,36,39-40H,9-10,14-17H2,1-4H3/t22?,23-,24-,26+,29-,30-,31-,32+/m0/s1. The number of rotatable bonds is 7. The molecule has 3 N–H and O–H groups in total. The summed E-state index contributed by atoms with van der Waals surface area (Å²) in [4.78, 5) is 43.8. The molecule has 0 spiro atoms. The van der Waals surface area contributed by atoms with Gasteiger partial charge < -0.3 is 19.3 Å². The van der Waals surface area contributed by atoms with Crippen LogP contribution in [0.5, 0.6) is 0 Å². The fourth-order valence-electron chi connectivity index (χ4n) is 9.00. The normalized spacial score (nSPS) is 40.1. The van der Waals surface area contributed by atoms with Gasteiger partial charge in [0.1, 0.15) is 0 Å². The quantitative estimate of drug-likeness (QED) is 0.303. The summed E-state index contributed by atoms with van der Waals surface area (Å²) in [7, 11) is 0. The maximum atomic E-state index is 17.6. The smallest absolute Gasteiger partial charge is 0.338 e. The Bertz CT molecular complexity index is 1440. The van der Waals surface area contributed by atoms with Crippen molar-refractivity contribution in [2.75, 3.05) is 6.61 Å². The predicted molar refractivity (Wildman–Crippen MR) is 148 cm³/mol. The van der Waals surface area contributed by atoms with E-state index in [1.54, 1.807) is 26.8 Å². The van der Waals surface area contributed by atoms with E-state index < -0.39 is 75.7 Å². The Morgan fingerprint density at radius 2 is 1.82 bits per heavy atom. The van der Waals surface area contributed by atoms with E-state index in [9.17, 15) is 19.5 Å². The number of fused-ring (bicyclic) bond motifs is 7. The molecule has 5 aliphatic rings. The molecule has 0 radical (unpaired) electrons. The number of aliphatic hydroxyl groups is 1. The van der Waals surface area contributed by atoms with Gasteiger partial charge in [0.25, 0.3) is 0 Å². The minimum Gasteiger partial charge on any atom is -0.454 e. The Morgan fingerprint density at radius 1 is 1.11 bits per heavy atom. The second-order valence-electron chi connectivity index (χ2n) is 13.6. The Labute approximate surface area is 254 Å². The van der Waals surface area contributed by atoms with Crippen LogP contribution in [0.3, 0.4) is 0 Å². The number of alkyl halides is 1. The molecule has 0 aromatic heterocycles. The molecule has 1 aromatic carbocycles. The van der Waals surface area contributed by atoms with Crippen LogP contribution in [0, 0.1) is 22.7 Å². The molecular weight excluding hydrogens is 577 g/mol. The highest BCUT2D eigenvalue weighted by atomic mass is 19.1. The van der Waals surface area contributed by atoms with Crippen molar-refractivity contribution in [1.82, 2.24) is 5.39 Å². The average Bonchev–Trinajstić information content (AvgIpc) is 3.37. The van der Waals surface area contributed by atoms with Crippen molar-refractivity contribution in [1.29, 1.82) is 0 Å². The van der Waals surface area contributed by atoms with Gasteiger partial charge >= 0.3 is 5.97 Å². The topological polar surface area (TPSA) is 152 Å². The Morgan fingerprint density at radius 3 is 2.50 bits per heavy atom. The molecule has 3 saturated carbocycles. The molecule has 6 rings (SSSR count). The monoisotopic (exact) mass is 615 g/mol. The van der Waals surface area contributed by atoms with Gasteiger partial charge in [-0.25, -0.2) is 14.0 Å². The highest BCUT2D eigenvalue weighted by molar-refractivity contribution is 6.01. The van der Waals surface area contributed by atoms with E-state index in [0.717, 1.165) is 0 Å². The average molecular weight is 616 g/mol. The number of ketones is 2. The summed E-state index contributed by atoms with van der Waals surface area (Å²) in [6.45, 7) is 6.20. The first-order valence-corrected chi connectivity index (χ1v) is 14.9. The van der Waals surface area contributed by atoms with Crippen molar-refractivity contribution in [2.45, 2.75) is 89.2 Å². The third-order valence-corrected chi connectivity index (χ3v) is 10.9. The van der Waals surface area contributed by atoms with Crippen LogP contribution in [0.25, 0.3) is 0 Å². The van der Waals surface area contributed by atoms with Gasteiger partial charge in [-0.3, -0.25) is 20.0 Å². The summed E-state index contributed by atoms with van der Waals surface area (Å²) < 4.78 is 35.8. The molecule has 1 heterocycles. The molecule has 8 atom stereocenters. The summed E-state index contributed by atoms with van der Waals surface area (Å²) in [5.74, 6) is -3.66. The lowest BCUT2D eigenvalue weighted by molar-refractivity contribution is -0.497. The van der Waals surface area contributed by atoms with Crippen molar-refractivity contribution in [3.63, 3.8) is 0 Å². The van der Waals surface area contributed by atoms with Crippen LogP contribution < -0.4 is 0 Å². The van der Waals surface area contributed by atoms with Crippen molar-refractivity contribution >= 4 is 17.5 Å². The molecule has 12 heteroatoms. The molecule has 4 fully saturated rings. The molecule has 11 nitrogen and oxygen atoms in total. The maximum absolute atomic E-state index is 17.6. The van der Waals surface area contributed by atoms with Crippen LogP contribution in [0.4, 0.5) is 4.39 Å². The van der Waals surface area contributed by atoms with Gasteiger partial charge in [-0.05, 0) is 82.2 Å². The number of nitrogens with zero attached hydrogens (tertiary/aromatic N) is 1. The molecule has 238 valence electrons. The first-order valence-electron chi connectivity index (χ1n) is 14.9. The third-order valence-electron chi connectivity index (χ3n) is 10.9. The molecule has 1 aromatic rings. The Balaban J connectivity index is 1.27. The van der Waals surface area contributed by atoms with Crippen LogP contribution >= 0.6 is 0 Å². The van der Waals surface area contributed by atoms with E-state index in [1.165, 1.54) is 36.4 Å². The van der Waals surface area contributed by atoms with Crippen molar-refractivity contribution in [3.05, 3.63) is 59.2 Å². The molecular formula is C32H38FNO10. The number of aliphatic hydroxyl groups excluding tert-OH is 1. The second-order valence-corrected chi connectivity index (χ2v) is 13.6. The fraction of sp³-hybridized carbons (Fsp3) is 0.594. The van der Waals surface area contributed by atoms with Gasteiger partial charge in [0.05, 0.1) is 29.8 Å². The lowest BCUT2D eigenvalue weighted by Gasteiger charge is -2.62. The zero-order valence-electron chi connectivity index (χ0n) is 25.1. The van der Waals surface area contributed by atoms with Crippen molar-refractivity contribution < 1.29 is 53.3 Å². The zero-order valence-corrected chi connectivity index (χ0v) is 25.1. The van der Waals surface area contributed by atoms with Gasteiger partial charge in [0.2, 0.25) is 5.78 Å². The molecule has 1 unspecified atom stereocenters. The molecule has 1 aliphatic heterocycles. The Kier molecular flexibility index (Phi) is 7.32. The lowest BCUT2D eigenvalue weighted by atomic mass is 9.44. The summed E-state index contributed by atoms with van der Waals surface area (Å²) in [5, 5.41) is 28.7. The van der Waals surface area contributed by atoms with Crippen LogP contribution in [-0.4, -0.2) is 74.3 Å². The number of hydrogen-bond acceptors (Lipinski definition) is 11. The SMILES string of the molecule is CC1(C)O[C@@H]2C[C@H]3C4CCC5=CC(=O)C=C[C@]5(C)[C@@]4(F)[C@@H](O)C[C@]3(C)[C@]2(C(=O)COC(=O)c2ccc(CON(O)O)cc2)O1. The summed E-state index contributed by atoms with van der Waals surface area (Å²) >= 11 is 0. The number of hydrogen-bond donors (Lipinski definition) is 3. The van der Waals surface area contributed by atoms with E-state index in [2.05, 4.69) is 4.84 Å². The van der Waals surface area contributed by atoms with Crippen LogP contribution in [-0.2, 0) is 35.2 Å². The minimum atomic E-state index is -2.08. The second kappa shape index (κ2) is 10.3. The number of ether oxygens (including phenoxy) is 3. The van der Waals surface area contributed by atoms with E-state index >= 15 is 4.39 Å². The highest BCUT2D eigenvalue weighted by Gasteiger charge is 2.80.